The Morgan fingerprint density at radius 3 is 2.75 bits per heavy atom. The Morgan fingerprint density at radius 2 is 2.25 bits per heavy atom. The van der Waals surface area contributed by atoms with Crippen LogP contribution in [0.4, 0.5) is 0 Å². The average molecular weight is 252 g/mol. The van der Waals surface area contributed by atoms with Crippen molar-refractivity contribution < 1.29 is 0 Å². The van der Waals surface area contributed by atoms with Gasteiger partial charge in [-0.25, -0.2) is 0 Å². The molecule has 12 heavy (non-hydrogen) atoms. The standard InChI is InChI=1S/C8H11BrN2.ClH/c1-2-8(10)6-3-7(9)5-11-4-6;/h3-5,8H,2,10H2,1H3;1H. The predicted octanol–water partition coefficient (Wildman–Crippen LogP) is 2.68. The third-order valence-corrected chi connectivity index (χ3v) is 2.03. The Bertz CT molecular complexity index is 242. The van der Waals surface area contributed by atoms with E-state index in [2.05, 4.69) is 27.8 Å². The van der Waals surface area contributed by atoms with Crippen molar-refractivity contribution in [2.75, 3.05) is 0 Å². The predicted molar refractivity (Wildman–Crippen MR) is 56.4 cm³/mol. The van der Waals surface area contributed by atoms with Gasteiger partial charge in [-0.05, 0) is 34.0 Å². The minimum Gasteiger partial charge on any atom is -0.324 e. The highest BCUT2D eigenvalue weighted by Crippen LogP contribution is 2.16. The van der Waals surface area contributed by atoms with Gasteiger partial charge < -0.3 is 5.73 Å². The number of rotatable bonds is 2. The van der Waals surface area contributed by atoms with E-state index in [1.807, 2.05) is 6.07 Å². The van der Waals surface area contributed by atoms with E-state index in [0.717, 1.165) is 16.5 Å². The van der Waals surface area contributed by atoms with Gasteiger partial charge in [0.05, 0.1) is 0 Å². The first-order valence-corrected chi connectivity index (χ1v) is 4.39. The molecule has 1 rings (SSSR count). The van der Waals surface area contributed by atoms with Crippen LogP contribution in [-0.2, 0) is 0 Å². The fraction of sp³-hybridized carbons (Fsp3) is 0.375. The molecule has 0 fully saturated rings. The number of nitrogens with zero attached hydrogens (tertiary/aromatic N) is 1. The summed E-state index contributed by atoms with van der Waals surface area (Å²) >= 11 is 3.34. The van der Waals surface area contributed by atoms with Crippen LogP contribution in [0, 0.1) is 0 Å². The monoisotopic (exact) mass is 250 g/mol. The second-order valence-corrected chi connectivity index (χ2v) is 3.37. The lowest BCUT2D eigenvalue weighted by molar-refractivity contribution is 0.694. The largest absolute Gasteiger partial charge is 0.324 e. The van der Waals surface area contributed by atoms with E-state index in [0.29, 0.717) is 0 Å². The SMILES string of the molecule is CCC(N)c1cncc(Br)c1.Cl. The normalized spacial score (nSPS) is 11.9. The van der Waals surface area contributed by atoms with Gasteiger partial charge in [-0.1, -0.05) is 6.92 Å². The Labute approximate surface area is 87.1 Å². The van der Waals surface area contributed by atoms with Crippen molar-refractivity contribution in [3.8, 4) is 0 Å². The topological polar surface area (TPSA) is 38.9 Å². The van der Waals surface area contributed by atoms with E-state index in [9.17, 15) is 0 Å². The van der Waals surface area contributed by atoms with Crippen molar-refractivity contribution in [2.24, 2.45) is 5.73 Å². The molecule has 0 saturated heterocycles. The molecule has 0 aromatic carbocycles. The van der Waals surface area contributed by atoms with Crippen molar-refractivity contribution in [2.45, 2.75) is 19.4 Å². The molecule has 0 radical (unpaired) electrons. The smallest absolute Gasteiger partial charge is 0.0410 e. The van der Waals surface area contributed by atoms with Gasteiger partial charge in [0.2, 0.25) is 0 Å². The van der Waals surface area contributed by atoms with E-state index in [1.165, 1.54) is 0 Å². The van der Waals surface area contributed by atoms with Gasteiger partial charge in [-0.2, -0.15) is 0 Å². The van der Waals surface area contributed by atoms with Crippen LogP contribution in [0.1, 0.15) is 24.9 Å². The molecule has 0 spiro atoms. The minimum atomic E-state index is 0. The van der Waals surface area contributed by atoms with Crippen LogP contribution in [0.2, 0.25) is 0 Å². The van der Waals surface area contributed by atoms with E-state index < -0.39 is 0 Å². The van der Waals surface area contributed by atoms with E-state index >= 15 is 0 Å². The summed E-state index contributed by atoms with van der Waals surface area (Å²) < 4.78 is 0.985. The fourth-order valence-corrected chi connectivity index (χ4v) is 1.25. The van der Waals surface area contributed by atoms with E-state index in [-0.39, 0.29) is 18.4 Å². The van der Waals surface area contributed by atoms with Crippen LogP contribution in [0.25, 0.3) is 0 Å². The fourth-order valence-electron chi connectivity index (χ4n) is 0.867. The van der Waals surface area contributed by atoms with Crippen molar-refractivity contribution in [3.05, 3.63) is 28.5 Å². The molecule has 68 valence electrons. The van der Waals surface area contributed by atoms with Crippen molar-refractivity contribution >= 4 is 28.3 Å². The zero-order chi connectivity index (χ0) is 8.27. The zero-order valence-electron chi connectivity index (χ0n) is 6.83. The molecule has 1 heterocycles. The zero-order valence-corrected chi connectivity index (χ0v) is 9.23. The van der Waals surface area contributed by atoms with Crippen LogP contribution in [0.15, 0.2) is 22.9 Å². The Morgan fingerprint density at radius 1 is 1.58 bits per heavy atom. The molecule has 1 unspecified atom stereocenters. The van der Waals surface area contributed by atoms with Crippen molar-refractivity contribution in [1.29, 1.82) is 0 Å². The van der Waals surface area contributed by atoms with Crippen LogP contribution in [0.5, 0.6) is 0 Å². The summed E-state index contributed by atoms with van der Waals surface area (Å²) in [6, 6.07) is 2.11. The van der Waals surface area contributed by atoms with Gasteiger partial charge in [0, 0.05) is 22.9 Å². The number of hydrogen-bond donors (Lipinski definition) is 1. The number of halogens is 2. The number of nitrogens with two attached hydrogens (primary N) is 1. The van der Waals surface area contributed by atoms with Crippen LogP contribution < -0.4 is 5.73 Å². The molecule has 0 aliphatic carbocycles. The molecule has 2 N–H and O–H groups in total. The summed E-state index contributed by atoms with van der Waals surface area (Å²) in [5.74, 6) is 0. The first-order valence-electron chi connectivity index (χ1n) is 3.60. The molecular formula is C8H12BrClN2. The average Bonchev–Trinajstić information content (AvgIpc) is 2.03. The van der Waals surface area contributed by atoms with Gasteiger partial charge in [-0.15, -0.1) is 12.4 Å². The molecule has 0 aliphatic heterocycles. The highest BCUT2D eigenvalue weighted by Gasteiger charge is 2.02. The Hall–Kier alpha value is -0.120. The second kappa shape index (κ2) is 5.51. The van der Waals surface area contributed by atoms with Gasteiger partial charge in [0.25, 0.3) is 0 Å². The van der Waals surface area contributed by atoms with Crippen LogP contribution >= 0.6 is 28.3 Å². The second-order valence-electron chi connectivity index (χ2n) is 2.45. The summed E-state index contributed by atoms with van der Waals surface area (Å²) in [4.78, 5) is 4.03. The van der Waals surface area contributed by atoms with Gasteiger partial charge in [0.15, 0.2) is 0 Å². The molecule has 1 atom stereocenters. The van der Waals surface area contributed by atoms with E-state index in [1.54, 1.807) is 12.4 Å². The quantitative estimate of drug-likeness (QED) is 0.878. The van der Waals surface area contributed by atoms with Gasteiger partial charge >= 0.3 is 0 Å². The Balaban J connectivity index is 0.00000121. The third-order valence-electron chi connectivity index (χ3n) is 1.59. The lowest BCUT2D eigenvalue weighted by atomic mass is 10.1. The first-order chi connectivity index (χ1) is 5.24. The molecular weight excluding hydrogens is 239 g/mol. The molecule has 1 aromatic heterocycles. The van der Waals surface area contributed by atoms with Crippen LogP contribution in [0.3, 0.4) is 0 Å². The highest BCUT2D eigenvalue weighted by molar-refractivity contribution is 9.10. The highest BCUT2D eigenvalue weighted by atomic mass is 79.9. The molecule has 0 saturated carbocycles. The lowest BCUT2D eigenvalue weighted by Gasteiger charge is -2.07. The summed E-state index contributed by atoms with van der Waals surface area (Å²) in [7, 11) is 0. The summed E-state index contributed by atoms with van der Waals surface area (Å²) in [6.07, 6.45) is 4.50. The van der Waals surface area contributed by atoms with Crippen LogP contribution in [-0.4, -0.2) is 4.98 Å². The van der Waals surface area contributed by atoms with Crippen molar-refractivity contribution in [3.63, 3.8) is 0 Å². The first kappa shape index (κ1) is 11.9. The maximum Gasteiger partial charge on any atom is 0.0410 e. The molecule has 0 aliphatic rings. The number of pyridine rings is 1. The van der Waals surface area contributed by atoms with Crippen molar-refractivity contribution in [1.82, 2.24) is 4.98 Å². The lowest BCUT2D eigenvalue weighted by Crippen LogP contribution is -2.08. The third kappa shape index (κ3) is 3.09. The summed E-state index contributed by atoms with van der Waals surface area (Å²) in [6.45, 7) is 2.06. The molecule has 0 bridgehead atoms. The number of hydrogen-bond acceptors (Lipinski definition) is 2. The molecule has 2 nitrogen and oxygen atoms in total. The number of aromatic nitrogens is 1. The maximum absolute atomic E-state index is 5.80. The molecule has 0 amide bonds. The summed E-state index contributed by atoms with van der Waals surface area (Å²) in [5, 5.41) is 0. The molecule has 1 aromatic rings. The van der Waals surface area contributed by atoms with Gasteiger partial charge in [-0.3, -0.25) is 4.98 Å². The Kier molecular flexibility index (Phi) is 5.46. The van der Waals surface area contributed by atoms with E-state index in [4.69, 9.17) is 5.73 Å². The minimum absolute atomic E-state index is 0. The molecule has 4 heteroatoms. The maximum atomic E-state index is 5.80. The van der Waals surface area contributed by atoms with Gasteiger partial charge in [0.1, 0.15) is 0 Å². The summed E-state index contributed by atoms with van der Waals surface area (Å²) in [5.41, 5.74) is 6.89.